The average Bonchev–Trinajstić information content (AvgIpc) is 3.21. The molecule has 7 nitrogen and oxygen atoms in total. The number of hydrogen-bond acceptors (Lipinski definition) is 6. The maximum atomic E-state index is 12.9. The second-order valence-corrected chi connectivity index (χ2v) is 8.45. The SMILES string of the molecule is COc1cc2nc(N3CCC(C(C)C)CC3)oc2cc1NC(=O)c1cccc(C(F)(F)F)n1. The van der Waals surface area contributed by atoms with Crippen LogP contribution in [0.3, 0.4) is 0 Å². The van der Waals surface area contributed by atoms with Gasteiger partial charge in [-0.15, -0.1) is 0 Å². The van der Waals surface area contributed by atoms with Crippen molar-refractivity contribution in [2.24, 2.45) is 11.8 Å². The van der Waals surface area contributed by atoms with Gasteiger partial charge in [-0.3, -0.25) is 4.79 Å². The van der Waals surface area contributed by atoms with Gasteiger partial charge in [-0.1, -0.05) is 19.9 Å². The molecule has 0 bridgehead atoms. The number of hydrogen-bond donors (Lipinski definition) is 1. The number of nitrogens with one attached hydrogen (secondary N) is 1. The van der Waals surface area contributed by atoms with Gasteiger partial charge in [0.15, 0.2) is 5.58 Å². The van der Waals surface area contributed by atoms with Gasteiger partial charge < -0.3 is 19.4 Å². The first-order valence-electron chi connectivity index (χ1n) is 10.7. The van der Waals surface area contributed by atoms with Crippen LogP contribution < -0.4 is 15.0 Å². The van der Waals surface area contributed by atoms with Gasteiger partial charge in [0.2, 0.25) is 0 Å². The van der Waals surface area contributed by atoms with Crippen molar-refractivity contribution in [1.29, 1.82) is 0 Å². The number of ether oxygens (including phenoxy) is 1. The number of oxazole rings is 1. The predicted octanol–water partition coefficient (Wildman–Crippen LogP) is 5.37. The van der Waals surface area contributed by atoms with E-state index in [4.69, 9.17) is 9.15 Å². The summed E-state index contributed by atoms with van der Waals surface area (Å²) >= 11 is 0. The number of benzene rings is 1. The summed E-state index contributed by atoms with van der Waals surface area (Å²) in [6, 6.07) is 6.83. The number of fused-ring (bicyclic) bond motifs is 1. The second-order valence-electron chi connectivity index (χ2n) is 8.45. The van der Waals surface area contributed by atoms with Crippen molar-refractivity contribution in [2.45, 2.75) is 32.9 Å². The van der Waals surface area contributed by atoms with Gasteiger partial charge in [0.05, 0.1) is 12.8 Å². The number of piperidine rings is 1. The third-order valence-corrected chi connectivity index (χ3v) is 5.97. The maximum absolute atomic E-state index is 12.9. The van der Waals surface area contributed by atoms with Crippen LogP contribution in [0, 0.1) is 11.8 Å². The first-order valence-corrected chi connectivity index (χ1v) is 10.7. The lowest BCUT2D eigenvalue weighted by Crippen LogP contribution is -2.35. The van der Waals surface area contributed by atoms with Crippen LogP contribution in [0.2, 0.25) is 0 Å². The molecule has 4 rings (SSSR count). The number of rotatable bonds is 5. The molecule has 3 aromatic rings. The van der Waals surface area contributed by atoms with Crippen LogP contribution in [0.4, 0.5) is 24.9 Å². The number of amides is 1. The second kappa shape index (κ2) is 8.92. The van der Waals surface area contributed by atoms with Gasteiger partial charge in [-0.2, -0.15) is 18.2 Å². The van der Waals surface area contributed by atoms with Crippen molar-refractivity contribution in [3.8, 4) is 5.75 Å². The van der Waals surface area contributed by atoms with E-state index in [2.05, 4.69) is 34.0 Å². The molecule has 0 saturated carbocycles. The van der Waals surface area contributed by atoms with E-state index in [1.165, 1.54) is 13.2 Å². The normalized spacial score (nSPS) is 15.3. The summed E-state index contributed by atoms with van der Waals surface area (Å²) in [4.78, 5) is 22.7. The van der Waals surface area contributed by atoms with Crippen LogP contribution >= 0.6 is 0 Å². The molecule has 1 amide bonds. The van der Waals surface area contributed by atoms with Crippen LogP contribution in [0.15, 0.2) is 34.7 Å². The lowest BCUT2D eigenvalue weighted by molar-refractivity contribution is -0.141. The van der Waals surface area contributed by atoms with Gasteiger partial charge in [0.1, 0.15) is 22.7 Å². The van der Waals surface area contributed by atoms with Crippen molar-refractivity contribution in [2.75, 3.05) is 30.4 Å². The van der Waals surface area contributed by atoms with E-state index in [-0.39, 0.29) is 11.4 Å². The molecule has 0 unspecified atom stereocenters. The van der Waals surface area contributed by atoms with Gasteiger partial charge in [-0.25, -0.2) is 4.98 Å². The summed E-state index contributed by atoms with van der Waals surface area (Å²) in [6.07, 6.45) is -2.53. The molecule has 0 radical (unpaired) electrons. The monoisotopic (exact) mass is 462 g/mol. The van der Waals surface area contributed by atoms with Gasteiger partial charge >= 0.3 is 6.18 Å². The first-order chi connectivity index (χ1) is 15.7. The standard InChI is InChI=1S/C23H25F3N4O3/c1-13(2)14-7-9-30(10-8-14)22-29-17-11-18(32-3)16(12-19(17)33-22)28-21(31)15-5-4-6-20(27-15)23(24,25)26/h4-6,11-14H,7-10H2,1-3H3,(H,28,31). The van der Waals surface area contributed by atoms with Crippen LogP contribution in [0.1, 0.15) is 42.9 Å². The number of methoxy groups -OCH3 is 1. The first kappa shape index (κ1) is 22.9. The van der Waals surface area contributed by atoms with Crippen molar-refractivity contribution < 1.29 is 27.1 Å². The van der Waals surface area contributed by atoms with E-state index in [0.717, 1.165) is 38.1 Å². The number of carbonyl (C=O) groups excluding carboxylic acids is 1. The van der Waals surface area contributed by atoms with Crippen molar-refractivity contribution >= 4 is 28.7 Å². The quantitative estimate of drug-likeness (QED) is 0.549. The summed E-state index contributed by atoms with van der Waals surface area (Å²) in [5, 5.41) is 2.56. The Balaban J connectivity index is 1.56. The summed E-state index contributed by atoms with van der Waals surface area (Å²) in [7, 11) is 1.43. The zero-order chi connectivity index (χ0) is 23.8. The average molecular weight is 462 g/mol. The van der Waals surface area contributed by atoms with Crippen molar-refractivity contribution in [3.63, 3.8) is 0 Å². The van der Waals surface area contributed by atoms with Crippen molar-refractivity contribution in [1.82, 2.24) is 9.97 Å². The Hall–Kier alpha value is -3.30. The Morgan fingerprint density at radius 3 is 2.58 bits per heavy atom. The van der Waals surface area contributed by atoms with E-state index in [9.17, 15) is 18.0 Å². The van der Waals surface area contributed by atoms with E-state index in [1.807, 2.05) is 0 Å². The molecule has 0 atom stereocenters. The summed E-state index contributed by atoms with van der Waals surface area (Å²) in [6.45, 7) is 6.16. The zero-order valence-corrected chi connectivity index (χ0v) is 18.6. The fourth-order valence-corrected chi connectivity index (χ4v) is 4.01. The largest absolute Gasteiger partial charge is 0.494 e. The number of nitrogens with zero attached hydrogens (tertiary/aromatic N) is 3. The molecule has 3 heterocycles. The fourth-order valence-electron chi connectivity index (χ4n) is 4.01. The smallest absolute Gasteiger partial charge is 0.433 e. The van der Waals surface area contributed by atoms with E-state index in [0.29, 0.717) is 34.7 Å². The van der Waals surface area contributed by atoms with Gasteiger partial charge in [0, 0.05) is 25.2 Å². The molecular formula is C23H25F3N4O3. The van der Waals surface area contributed by atoms with Gasteiger partial charge in [-0.05, 0) is 36.8 Å². The Morgan fingerprint density at radius 2 is 1.94 bits per heavy atom. The topological polar surface area (TPSA) is 80.5 Å². The lowest BCUT2D eigenvalue weighted by atomic mass is 9.87. The van der Waals surface area contributed by atoms with Crippen LogP contribution in [0.5, 0.6) is 5.75 Å². The predicted molar refractivity (Wildman–Crippen MR) is 118 cm³/mol. The molecule has 2 aromatic heterocycles. The molecule has 1 N–H and O–H groups in total. The third kappa shape index (κ3) is 4.89. The number of pyridine rings is 1. The molecule has 10 heteroatoms. The molecule has 33 heavy (non-hydrogen) atoms. The minimum absolute atomic E-state index is 0.246. The molecule has 1 aliphatic rings. The van der Waals surface area contributed by atoms with Gasteiger partial charge in [0.25, 0.3) is 11.9 Å². The highest BCUT2D eigenvalue weighted by Gasteiger charge is 2.33. The number of carbonyl (C=O) groups is 1. The number of alkyl halides is 3. The van der Waals surface area contributed by atoms with Crippen molar-refractivity contribution in [3.05, 3.63) is 41.7 Å². The zero-order valence-electron chi connectivity index (χ0n) is 18.6. The molecule has 1 saturated heterocycles. The number of halogens is 3. The van der Waals surface area contributed by atoms with Crippen LogP contribution in [0.25, 0.3) is 11.1 Å². The lowest BCUT2D eigenvalue weighted by Gasteiger charge is -2.32. The Labute approximate surface area is 188 Å². The molecule has 176 valence electrons. The minimum Gasteiger partial charge on any atom is -0.494 e. The highest BCUT2D eigenvalue weighted by atomic mass is 19.4. The molecule has 1 aromatic carbocycles. The molecule has 0 spiro atoms. The van der Waals surface area contributed by atoms with Crippen LogP contribution in [-0.2, 0) is 6.18 Å². The maximum Gasteiger partial charge on any atom is 0.433 e. The molecule has 1 fully saturated rings. The summed E-state index contributed by atoms with van der Waals surface area (Å²) < 4.78 is 50.1. The number of anilines is 2. The molecular weight excluding hydrogens is 437 g/mol. The summed E-state index contributed by atoms with van der Waals surface area (Å²) in [5.74, 6) is 0.824. The Morgan fingerprint density at radius 1 is 1.21 bits per heavy atom. The molecule has 1 aliphatic heterocycles. The number of aromatic nitrogens is 2. The minimum atomic E-state index is -4.65. The third-order valence-electron chi connectivity index (χ3n) is 5.97. The van der Waals surface area contributed by atoms with E-state index in [1.54, 1.807) is 12.1 Å². The van der Waals surface area contributed by atoms with Crippen LogP contribution in [-0.4, -0.2) is 36.1 Å². The van der Waals surface area contributed by atoms with E-state index >= 15 is 0 Å². The highest BCUT2D eigenvalue weighted by molar-refractivity contribution is 6.04. The Kier molecular flexibility index (Phi) is 6.18. The Bertz CT molecular complexity index is 1150. The van der Waals surface area contributed by atoms with E-state index < -0.39 is 17.8 Å². The summed E-state index contributed by atoms with van der Waals surface area (Å²) in [5.41, 5.74) is -0.264. The fraction of sp³-hybridized carbons (Fsp3) is 0.435. The molecule has 0 aliphatic carbocycles. The highest BCUT2D eigenvalue weighted by Crippen LogP contribution is 2.35.